The summed E-state index contributed by atoms with van der Waals surface area (Å²) in [5.74, 6) is 0.438. The Morgan fingerprint density at radius 2 is 1.97 bits per heavy atom. The van der Waals surface area contributed by atoms with Gasteiger partial charge in [0.1, 0.15) is 11.0 Å². The number of hydrogen-bond acceptors (Lipinski definition) is 7. The van der Waals surface area contributed by atoms with Crippen LogP contribution in [0.3, 0.4) is 0 Å². The first-order valence-electron chi connectivity index (χ1n) is 11.9. The Bertz CT molecular complexity index is 1450. The molecule has 0 radical (unpaired) electrons. The molecule has 0 fully saturated rings. The summed E-state index contributed by atoms with van der Waals surface area (Å²) in [6.07, 6.45) is 4.32. The Labute approximate surface area is 204 Å². The summed E-state index contributed by atoms with van der Waals surface area (Å²) in [5.41, 5.74) is 4.94. The predicted octanol–water partition coefficient (Wildman–Crippen LogP) is 3.83. The Morgan fingerprint density at radius 3 is 2.74 bits per heavy atom. The molecule has 182 valence electrons. The lowest BCUT2D eigenvalue weighted by Crippen LogP contribution is -2.25. The third kappa shape index (κ3) is 4.21. The summed E-state index contributed by atoms with van der Waals surface area (Å²) in [7, 11) is 1.66. The van der Waals surface area contributed by atoms with Gasteiger partial charge in [-0.25, -0.2) is 14.3 Å². The van der Waals surface area contributed by atoms with Crippen LogP contribution in [0.1, 0.15) is 50.6 Å². The van der Waals surface area contributed by atoms with Crippen LogP contribution in [0.4, 0.5) is 11.6 Å². The van der Waals surface area contributed by atoms with E-state index in [-0.39, 0.29) is 11.6 Å². The fourth-order valence-corrected chi connectivity index (χ4v) is 4.44. The van der Waals surface area contributed by atoms with E-state index in [2.05, 4.69) is 32.7 Å². The van der Waals surface area contributed by atoms with Gasteiger partial charge in [-0.3, -0.25) is 9.78 Å². The highest BCUT2D eigenvalue weighted by Crippen LogP contribution is 2.26. The van der Waals surface area contributed by atoms with Crippen molar-refractivity contribution in [1.82, 2.24) is 29.6 Å². The second-order valence-electron chi connectivity index (χ2n) is 9.64. The molecule has 0 saturated carbocycles. The summed E-state index contributed by atoms with van der Waals surface area (Å²) in [4.78, 5) is 27.1. The third-order valence-corrected chi connectivity index (χ3v) is 6.58. The molecule has 1 aliphatic rings. The monoisotopic (exact) mass is 473 g/mol. The normalized spacial score (nSPS) is 13.9. The van der Waals surface area contributed by atoms with Crippen molar-refractivity contribution in [3.63, 3.8) is 0 Å². The molecule has 35 heavy (non-hydrogen) atoms. The zero-order valence-electron chi connectivity index (χ0n) is 20.8. The van der Waals surface area contributed by atoms with E-state index in [0.29, 0.717) is 17.0 Å². The first-order valence-corrected chi connectivity index (χ1v) is 11.9. The summed E-state index contributed by atoms with van der Waals surface area (Å²) in [6, 6.07) is 10.0. The van der Waals surface area contributed by atoms with Gasteiger partial charge in [0, 0.05) is 37.8 Å². The molecule has 0 aliphatic carbocycles. The average molecular weight is 474 g/mol. The summed E-state index contributed by atoms with van der Waals surface area (Å²) in [5, 5.41) is 7.18. The van der Waals surface area contributed by atoms with E-state index in [1.54, 1.807) is 24.2 Å². The molecule has 0 unspecified atom stereocenters. The smallest absolute Gasteiger partial charge is 0.278 e. The van der Waals surface area contributed by atoms with Gasteiger partial charge >= 0.3 is 0 Å². The fourth-order valence-electron chi connectivity index (χ4n) is 4.44. The summed E-state index contributed by atoms with van der Waals surface area (Å²) >= 11 is 0. The van der Waals surface area contributed by atoms with Crippen LogP contribution in [0.5, 0.6) is 0 Å². The molecule has 1 aliphatic heterocycles. The van der Waals surface area contributed by atoms with E-state index >= 15 is 0 Å². The van der Waals surface area contributed by atoms with E-state index in [9.17, 15) is 4.79 Å². The van der Waals surface area contributed by atoms with E-state index in [0.717, 1.165) is 36.6 Å². The Balaban J connectivity index is 1.62. The summed E-state index contributed by atoms with van der Waals surface area (Å²) in [6.45, 7) is 9.74. The van der Waals surface area contributed by atoms with Crippen LogP contribution in [-0.2, 0) is 23.3 Å². The minimum absolute atomic E-state index is 0.0885. The second kappa shape index (κ2) is 8.90. The maximum atomic E-state index is 13.3. The number of nitrogens with one attached hydrogen (secondary N) is 2. The topological polar surface area (TPSA) is 98.9 Å². The number of ether oxygens (including phenoxy) is 1. The number of nitrogens with zero attached hydrogens (tertiary/aromatic N) is 5. The van der Waals surface area contributed by atoms with Gasteiger partial charge in [0.2, 0.25) is 5.95 Å². The molecule has 2 N–H and O–H groups in total. The molecule has 5 rings (SSSR count). The lowest BCUT2D eigenvalue weighted by atomic mass is 10.0. The molecule has 0 bridgehead atoms. The van der Waals surface area contributed by atoms with Gasteiger partial charge in [-0.05, 0) is 76.1 Å². The molecule has 0 spiro atoms. The van der Waals surface area contributed by atoms with E-state index in [4.69, 9.17) is 9.72 Å². The minimum atomic E-state index is -0.578. The lowest BCUT2D eigenvalue weighted by Gasteiger charge is -2.23. The van der Waals surface area contributed by atoms with Gasteiger partial charge in [0.05, 0.1) is 11.4 Å². The number of hydrogen-bond donors (Lipinski definition) is 2. The number of aromatic nitrogens is 5. The molecule has 0 saturated heterocycles. The standard InChI is InChI=1S/C26H31N7O2/c1-16(2)32-24(34)21-15-29-25(30-19-7-6-18-14-27-10-8-17(18)12-19)31-23(21)33(32)20-9-11-28-22(13-20)26(3,4)35-5/h6-7,9,11-13,15-16,27H,8,10,14H2,1-5H3,(H,29,30,31). The van der Waals surface area contributed by atoms with Crippen molar-refractivity contribution in [2.24, 2.45) is 0 Å². The highest BCUT2D eigenvalue weighted by Gasteiger charge is 2.24. The highest BCUT2D eigenvalue weighted by molar-refractivity contribution is 5.77. The van der Waals surface area contributed by atoms with Gasteiger partial charge in [-0.1, -0.05) is 6.07 Å². The number of methoxy groups -OCH3 is 1. The van der Waals surface area contributed by atoms with Gasteiger partial charge in [0.15, 0.2) is 5.65 Å². The van der Waals surface area contributed by atoms with Crippen LogP contribution < -0.4 is 16.2 Å². The van der Waals surface area contributed by atoms with Crippen molar-refractivity contribution in [1.29, 1.82) is 0 Å². The van der Waals surface area contributed by atoms with Crippen molar-refractivity contribution >= 4 is 22.7 Å². The number of pyridine rings is 1. The zero-order chi connectivity index (χ0) is 24.7. The first kappa shape index (κ1) is 23.2. The quantitative estimate of drug-likeness (QED) is 0.439. The second-order valence-corrected chi connectivity index (χ2v) is 9.64. The van der Waals surface area contributed by atoms with Crippen LogP contribution in [0.15, 0.2) is 47.5 Å². The van der Waals surface area contributed by atoms with Gasteiger partial charge in [-0.2, -0.15) is 4.98 Å². The molecular weight excluding hydrogens is 442 g/mol. The van der Waals surface area contributed by atoms with Crippen LogP contribution in [0, 0.1) is 0 Å². The van der Waals surface area contributed by atoms with Crippen LogP contribution in [0.25, 0.3) is 16.7 Å². The molecule has 9 nitrogen and oxygen atoms in total. The van der Waals surface area contributed by atoms with Crippen molar-refractivity contribution in [2.75, 3.05) is 19.0 Å². The summed E-state index contributed by atoms with van der Waals surface area (Å²) < 4.78 is 9.18. The van der Waals surface area contributed by atoms with Crippen LogP contribution in [0.2, 0.25) is 0 Å². The van der Waals surface area contributed by atoms with Crippen LogP contribution in [-0.4, -0.2) is 38.0 Å². The third-order valence-electron chi connectivity index (χ3n) is 6.58. The van der Waals surface area contributed by atoms with E-state index in [1.807, 2.05) is 50.6 Å². The first-order chi connectivity index (χ1) is 16.8. The van der Waals surface area contributed by atoms with Gasteiger partial charge < -0.3 is 15.4 Å². The molecule has 3 aromatic heterocycles. The molecule has 4 aromatic rings. The maximum absolute atomic E-state index is 13.3. The molecule has 0 atom stereocenters. The van der Waals surface area contributed by atoms with Gasteiger partial charge in [-0.15, -0.1) is 0 Å². The maximum Gasteiger partial charge on any atom is 0.278 e. The van der Waals surface area contributed by atoms with E-state index < -0.39 is 5.60 Å². The van der Waals surface area contributed by atoms with Gasteiger partial charge in [0.25, 0.3) is 5.56 Å². The molecule has 9 heteroatoms. The minimum Gasteiger partial charge on any atom is -0.373 e. The Kier molecular flexibility index (Phi) is 5.90. The SMILES string of the molecule is COC(C)(C)c1cc(-n2c3nc(Nc4ccc5c(c4)CCNC5)ncc3c(=O)n2C(C)C)ccn1. The average Bonchev–Trinajstić information content (AvgIpc) is 3.16. The number of anilines is 2. The predicted molar refractivity (Wildman–Crippen MR) is 136 cm³/mol. The number of rotatable bonds is 6. The zero-order valence-corrected chi connectivity index (χ0v) is 20.8. The Morgan fingerprint density at radius 1 is 1.14 bits per heavy atom. The van der Waals surface area contributed by atoms with E-state index in [1.165, 1.54) is 11.1 Å². The Hall–Kier alpha value is -3.56. The molecule has 1 aromatic carbocycles. The molecular formula is C26H31N7O2. The van der Waals surface area contributed by atoms with Crippen molar-refractivity contribution < 1.29 is 4.74 Å². The fraction of sp³-hybridized carbons (Fsp3) is 0.385. The van der Waals surface area contributed by atoms with Crippen molar-refractivity contribution in [3.05, 3.63) is 69.9 Å². The number of benzene rings is 1. The van der Waals surface area contributed by atoms with Crippen molar-refractivity contribution in [3.8, 4) is 5.69 Å². The van der Waals surface area contributed by atoms with Crippen molar-refractivity contribution in [2.45, 2.75) is 52.3 Å². The lowest BCUT2D eigenvalue weighted by molar-refractivity contribution is 0.0155. The van der Waals surface area contributed by atoms with Crippen LogP contribution >= 0.6 is 0 Å². The molecule has 0 amide bonds. The largest absolute Gasteiger partial charge is 0.373 e. The molecule has 4 heterocycles. The number of fused-ring (bicyclic) bond motifs is 2. The highest BCUT2D eigenvalue weighted by atomic mass is 16.5.